The van der Waals surface area contributed by atoms with Gasteiger partial charge in [-0.25, -0.2) is 0 Å². The molecule has 1 aliphatic heterocycles. The zero-order valence-corrected chi connectivity index (χ0v) is 16.6. The molecule has 4 aliphatic rings. The molecule has 0 aromatic carbocycles. The maximum absolute atomic E-state index is 12.8. The number of hydrogen-bond acceptors (Lipinski definition) is 4. The molecule has 1 heterocycles. The lowest BCUT2D eigenvalue weighted by atomic mass is 9.80. The fourth-order valence-corrected chi connectivity index (χ4v) is 5.23. The first-order valence-corrected chi connectivity index (χ1v) is 10.9. The summed E-state index contributed by atoms with van der Waals surface area (Å²) in [4.78, 5) is 12.3. The molecule has 164 valence electrons. The van der Waals surface area contributed by atoms with E-state index in [1.807, 2.05) is 6.20 Å². The van der Waals surface area contributed by atoms with Gasteiger partial charge in [0.05, 0.1) is 18.1 Å². The van der Waals surface area contributed by atoms with Crippen molar-refractivity contribution in [1.29, 1.82) is 0 Å². The minimum absolute atomic E-state index is 0.0199. The Bertz CT molecular complexity index is 625. The molecule has 0 bridgehead atoms. The lowest BCUT2D eigenvalue weighted by Crippen LogP contribution is -2.43. The van der Waals surface area contributed by atoms with Crippen LogP contribution in [0.2, 0.25) is 0 Å². The van der Waals surface area contributed by atoms with Gasteiger partial charge in [0, 0.05) is 36.4 Å². The van der Waals surface area contributed by atoms with Crippen LogP contribution < -0.4 is 10.6 Å². The molecule has 29 heavy (non-hydrogen) atoms. The standard InChI is InChI=1S/C21H31F3N2O3/c22-21(23,24)14-3-1-12(2-4-14)11-29-16-5-6-18-17(9-16)19(10-25-18)26-20(28)13-7-15(27)8-13/h10,12-18,25,27H,1-9,11H2,(H,26,28)/t12?,13-,14?,15+,16?,17?,18?. The average Bonchev–Trinajstić information content (AvgIpc) is 3.05. The molecule has 3 atom stereocenters. The number of alkyl halides is 3. The molecule has 1 amide bonds. The van der Waals surface area contributed by atoms with Crippen LogP contribution in [0.1, 0.15) is 57.8 Å². The van der Waals surface area contributed by atoms with Crippen LogP contribution in [0.25, 0.3) is 0 Å². The van der Waals surface area contributed by atoms with E-state index in [1.54, 1.807) is 0 Å². The number of aliphatic hydroxyl groups excluding tert-OH is 1. The molecular formula is C21H31F3N2O3. The number of amides is 1. The first-order valence-electron chi connectivity index (χ1n) is 10.9. The van der Waals surface area contributed by atoms with Crippen LogP contribution in [0.4, 0.5) is 13.2 Å². The highest BCUT2D eigenvalue weighted by Crippen LogP contribution is 2.40. The van der Waals surface area contributed by atoms with Gasteiger partial charge in [0.15, 0.2) is 0 Å². The molecule has 3 saturated carbocycles. The third-order valence-corrected chi connectivity index (χ3v) is 7.28. The van der Waals surface area contributed by atoms with Gasteiger partial charge in [-0.15, -0.1) is 0 Å². The Kier molecular flexibility index (Phi) is 6.11. The van der Waals surface area contributed by atoms with Crippen molar-refractivity contribution in [2.75, 3.05) is 6.61 Å². The van der Waals surface area contributed by atoms with Gasteiger partial charge >= 0.3 is 6.18 Å². The van der Waals surface area contributed by atoms with E-state index in [4.69, 9.17) is 4.74 Å². The average molecular weight is 416 g/mol. The van der Waals surface area contributed by atoms with E-state index in [0.717, 1.165) is 25.0 Å². The van der Waals surface area contributed by atoms with E-state index >= 15 is 0 Å². The summed E-state index contributed by atoms with van der Waals surface area (Å²) in [6, 6.07) is 0.305. The van der Waals surface area contributed by atoms with Crippen LogP contribution in [0.5, 0.6) is 0 Å². The van der Waals surface area contributed by atoms with Gasteiger partial charge in [0.25, 0.3) is 0 Å². The zero-order valence-electron chi connectivity index (χ0n) is 16.6. The van der Waals surface area contributed by atoms with E-state index in [9.17, 15) is 23.1 Å². The fourth-order valence-electron chi connectivity index (χ4n) is 5.23. The maximum atomic E-state index is 12.8. The number of ether oxygens (including phenoxy) is 1. The summed E-state index contributed by atoms with van der Waals surface area (Å²) >= 11 is 0. The molecule has 0 radical (unpaired) electrons. The number of halogens is 3. The second-order valence-corrected chi connectivity index (χ2v) is 9.32. The number of carbonyl (C=O) groups is 1. The first kappa shape index (κ1) is 21.0. The van der Waals surface area contributed by atoms with Crippen LogP contribution in [-0.4, -0.2) is 42.0 Å². The summed E-state index contributed by atoms with van der Waals surface area (Å²) in [5.74, 6) is -0.857. The highest BCUT2D eigenvalue weighted by atomic mass is 19.4. The van der Waals surface area contributed by atoms with Crippen molar-refractivity contribution in [3.05, 3.63) is 11.9 Å². The summed E-state index contributed by atoms with van der Waals surface area (Å²) < 4.78 is 44.5. The Hall–Kier alpha value is -1.28. The molecule has 3 unspecified atom stereocenters. The topological polar surface area (TPSA) is 70.6 Å². The number of rotatable bonds is 5. The molecule has 3 N–H and O–H groups in total. The normalized spacial score (nSPS) is 39.7. The first-order chi connectivity index (χ1) is 13.8. The second-order valence-electron chi connectivity index (χ2n) is 9.32. The number of nitrogens with one attached hydrogen (secondary N) is 2. The SMILES string of the molecule is O=C(NC1=CNC2CCC(OCC3CCC(C(F)(F)F)CC3)CC12)[C@H]1C[C@@H](O)C1. The zero-order chi connectivity index (χ0) is 20.6. The molecule has 0 aromatic heterocycles. The van der Waals surface area contributed by atoms with Crippen LogP contribution in [0, 0.1) is 23.7 Å². The summed E-state index contributed by atoms with van der Waals surface area (Å²) in [5, 5.41) is 15.8. The molecule has 4 rings (SSSR count). The third-order valence-electron chi connectivity index (χ3n) is 7.28. The minimum Gasteiger partial charge on any atom is -0.393 e. The molecule has 3 fully saturated rings. The van der Waals surface area contributed by atoms with Gasteiger partial charge in [-0.1, -0.05) is 0 Å². The largest absolute Gasteiger partial charge is 0.393 e. The van der Waals surface area contributed by atoms with E-state index in [-0.39, 0.29) is 48.7 Å². The van der Waals surface area contributed by atoms with Crippen LogP contribution >= 0.6 is 0 Å². The highest BCUT2D eigenvalue weighted by molar-refractivity contribution is 5.81. The van der Waals surface area contributed by atoms with E-state index < -0.39 is 12.1 Å². The molecule has 3 aliphatic carbocycles. The Morgan fingerprint density at radius 2 is 1.86 bits per heavy atom. The molecule has 5 nitrogen and oxygen atoms in total. The smallest absolute Gasteiger partial charge is 0.391 e. The van der Waals surface area contributed by atoms with Crippen molar-refractivity contribution in [3.63, 3.8) is 0 Å². The second kappa shape index (κ2) is 8.46. The van der Waals surface area contributed by atoms with Crippen molar-refractivity contribution in [2.24, 2.45) is 23.7 Å². The Balaban J connectivity index is 1.21. The molecule has 8 heteroatoms. The van der Waals surface area contributed by atoms with E-state index in [0.29, 0.717) is 38.3 Å². The number of carbonyl (C=O) groups excluding carboxylic acids is 1. The molecule has 0 saturated heterocycles. The van der Waals surface area contributed by atoms with E-state index in [2.05, 4.69) is 10.6 Å². The van der Waals surface area contributed by atoms with Gasteiger partial charge in [-0.05, 0) is 63.7 Å². The lowest BCUT2D eigenvalue weighted by Gasteiger charge is -2.36. The minimum atomic E-state index is -4.07. The van der Waals surface area contributed by atoms with Crippen molar-refractivity contribution in [1.82, 2.24) is 10.6 Å². The van der Waals surface area contributed by atoms with Crippen molar-refractivity contribution in [3.8, 4) is 0 Å². The summed E-state index contributed by atoms with van der Waals surface area (Å²) in [7, 11) is 0. The van der Waals surface area contributed by atoms with Gasteiger partial charge in [-0.3, -0.25) is 4.79 Å². The summed E-state index contributed by atoms with van der Waals surface area (Å²) in [6.07, 6.45) is 2.91. The third kappa shape index (κ3) is 4.90. The molecule has 0 spiro atoms. The van der Waals surface area contributed by atoms with Gasteiger partial charge < -0.3 is 20.5 Å². The number of fused-ring (bicyclic) bond motifs is 1. The predicted molar refractivity (Wildman–Crippen MR) is 100 cm³/mol. The Morgan fingerprint density at radius 1 is 1.14 bits per heavy atom. The Labute approximate surface area is 169 Å². The highest BCUT2D eigenvalue weighted by Gasteiger charge is 2.42. The maximum Gasteiger partial charge on any atom is 0.391 e. The quantitative estimate of drug-likeness (QED) is 0.644. The van der Waals surface area contributed by atoms with Crippen molar-refractivity contribution < 1.29 is 27.8 Å². The molecular weight excluding hydrogens is 385 g/mol. The summed E-state index contributed by atoms with van der Waals surface area (Å²) in [6.45, 7) is 0.533. The Morgan fingerprint density at radius 3 is 2.52 bits per heavy atom. The van der Waals surface area contributed by atoms with E-state index in [1.165, 1.54) is 0 Å². The number of hydrogen-bond donors (Lipinski definition) is 3. The van der Waals surface area contributed by atoms with Gasteiger partial charge in [0.1, 0.15) is 0 Å². The van der Waals surface area contributed by atoms with Crippen molar-refractivity contribution >= 4 is 5.91 Å². The fraction of sp³-hybridized carbons (Fsp3) is 0.857. The number of aliphatic hydroxyl groups is 1. The van der Waals surface area contributed by atoms with Crippen LogP contribution in [0.3, 0.4) is 0 Å². The van der Waals surface area contributed by atoms with Gasteiger partial charge in [-0.2, -0.15) is 13.2 Å². The lowest BCUT2D eigenvalue weighted by molar-refractivity contribution is -0.185. The van der Waals surface area contributed by atoms with Gasteiger partial charge in [0.2, 0.25) is 5.91 Å². The summed E-state index contributed by atoms with van der Waals surface area (Å²) in [5.41, 5.74) is 0.903. The monoisotopic (exact) mass is 416 g/mol. The van der Waals surface area contributed by atoms with Crippen LogP contribution in [0.15, 0.2) is 11.9 Å². The predicted octanol–water partition coefficient (Wildman–Crippen LogP) is 3.24. The van der Waals surface area contributed by atoms with Crippen molar-refractivity contribution in [2.45, 2.75) is 82.2 Å². The van der Waals surface area contributed by atoms with Crippen LogP contribution in [-0.2, 0) is 9.53 Å². The molecule has 0 aromatic rings.